The van der Waals surface area contributed by atoms with Gasteiger partial charge in [-0.2, -0.15) is 10.1 Å². The number of methoxy groups -OCH3 is 1. The van der Waals surface area contributed by atoms with Gasteiger partial charge >= 0.3 is 0 Å². The molecule has 1 aliphatic rings. The van der Waals surface area contributed by atoms with E-state index in [1.54, 1.807) is 11.8 Å². The predicted octanol–water partition coefficient (Wildman–Crippen LogP) is 3.28. The molecule has 0 bridgehead atoms. The summed E-state index contributed by atoms with van der Waals surface area (Å²) >= 11 is 0. The molecule has 1 aromatic heterocycles. The van der Waals surface area contributed by atoms with Crippen LogP contribution in [-0.4, -0.2) is 39.5 Å². The van der Waals surface area contributed by atoms with Crippen LogP contribution in [0, 0.1) is 5.82 Å². The molecule has 32 heavy (non-hydrogen) atoms. The Morgan fingerprint density at radius 1 is 1.22 bits per heavy atom. The fourth-order valence-electron chi connectivity index (χ4n) is 3.66. The Morgan fingerprint density at radius 3 is 2.59 bits per heavy atom. The summed E-state index contributed by atoms with van der Waals surface area (Å²) in [6, 6.07) is 12.5. The molecule has 3 aromatic rings. The van der Waals surface area contributed by atoms with Gasteiger partial charge in [-0.1, -0.05) is 12.1 Å². The van der Waals surface area contributed by atoms with Crippen LogP contribution in [0.2, 0.25) is 0 Å². The maximum atomic E-state index is 13.3. The Hall–Kier alpha value is -3.72. The Balaban J connectivity index is 1.74. The van der Waals surface area contributed by atoms with E-state index in [0.29, 0.717) is 47.3 Å². The highest BCUT2D eigenvalue weighted by molar-refractivity contribution is 6.06. The van der Waals surface area contributed by atoms with E-state index in [4.69, 9.17) is 9.84 Å². The van der Waals surface area contributed by atoms with Gasteiger partial charge in [-0.15, -0.1) is 0 Å². The van der Waals surface area contributed by atoms with Crippen molar-refractivity contribution in [3.63, 3.8) is 0 Å². The number of benzene rings is 2. The zero-order valence-corrected chi connectivity index (χ0v) is 17.8. The lowest BCUT2D eigenvalue weighted by atomic mass is 9.95. The molecule has 8 nitrogen and oxygen atoms in total. The minimum Gasteiger partial charge on any atom is -0.497 e. The Kier molecular flexibility index (Phi) is 6.18. The molecule has 0 saturated carbocycles. The number of aryl methyl sites for hydroxylation is 1. The molecule has 1 aliphatic heterocycles. The summed E-state index contributed by atoms with van der Waals surface area (Å²) in [4.78, 5) is 17.9. The molecule has 1 atom stereocenters. The molecular formula is C23H24FN5O3. The van der Waals surface area contributed by atoms with Crippen LogP contribution in [0.4, 0.5) is 16.0 Å². The number of amides is 1. The van der Waals surface area contributed by atoms with Crippen molar-refractivity contribution in [1.82, 2.24) is 14.8 Å². The number of nitrogens with zero attached hydrogens (tertiary/aromatic N) is 3. The first-order valence-corrected chi connectivity index (χ1v) is 10.2. The molecule has 0 fully saturated rings. The van der Waals surface area contributed by atoms with Gasteiger partial charge in [-0.3, -0.25) is 4.79 Å². The quantitative estimate of drug-likeness (QED) is 0.524. The molecule has 0 saturated heterocycles. The highest BCUT2D eigenvalue weighted by Crippen LogP contribution is 2.36. The van der Waals surface area contributed by atoms with Gasteiger partial charge in [0.25, 0.3) is 5.91 Å². The van der Waals surface area contributed by atoms with Gasteiger partial charge in [0.05, 0.1) is 12.7 Å². The van der Waals surface area contributed by atoms with Gasteiger partial charge in [-0.05, 0) is 55.3 Å². The zero-order valence-electron chi connectivity index (χ0n) is 17.8. The standard InChI is InChI=1S/C23H24FN5O3/c1-14-20(22(31)26-17-9-7-16(24)8-10-17)21(15-5-11-18(32-2)12-6-15)29-23(25-14)27-19(28-29)4-3-13-30/h5-12,21,30H,3-4,13H2,1-2H3,(H,26,31)(H,25,27,28)/t21-/m0/s1. The Bertz CT molecular complexity index is 1140. The second-order valence-electron chi connectivity index (χ2n) is 7.42. The number of hydrogen-bond acceptors (Lipinski definition) is 6. The number of carbonyl (C=O) groups excluding carboxylic acids is 1. The molecule has 1 amide bonds. The van der Waals surface area contributed by atoms with Gasteiger partial charge in [0.15, 0.2) is 5.82 Å². The monoisotopic (exact) mass is 437 g/mol. The second kappa shape index (κ2) is 9.19. The van der Waals surface area contributed by atoms with E-state index < -0.39 is 6.04 Å². The minimum atomic E-state index is -0.534. The molecule has 0 spiro atoms. The highest BCUT2D eigenvalue weighted by Gasteiger charge is 2.34. The van der Waals surface area contributed by atoms with Crippen molar-refractivity contribution in [2.24, 2.45) is 0 Å². The lowest BCUT2D eigenvalue weighted by Crippen LogP contribution is -2.31. The van der Waals surface area contributed by atoms with Gasteiger partial charge < -0.3 is 20.5 Å². The van der Waals surface area contributed by atoms with Gasteiger partial charge in [0, 0.05) is 24.4 Å². The van der Waals surface area contributed by atoms with Crippen molar-refractivity contribution < 1.29 is 19.0 Å². The SMILES string of the molecule is COc1ccc([C@H]2C(C(=O)Nc3ccc(F)cc3)=C(C)Nc3nc(CCCO)nn32)cc1. The zero-order chi connectivity index (χ0) is 22.7. The number of aromatic nitrogens is 3. The lowest BCUT2D eigenvalue weighted by Gasteiger charge is -2.28. The fourth-order valence-corrected chi connectivity index (χ4v) is 3.66. The Labute approximate surface area is 184 Å². The summed E-state index contributed by atoms with van der Waals surface area (Å²) in [5, 5.41) is 19.8. The minimum absolute atomic E-state index is 0.0435. The lowest BCUT2D eigenvalue weighted by molar-refractivity contribution is -0.113. The van der Waals surface area contributed by atoms with Crippen LogP contribution in [0.5, 0.6) is 5.75 Å². The van der Waals surface area contributed by atoms with E-state index in [2.05, 4.69) is 20.7 Å². The number of aliphatic hydroxyl groups is 1. The van der Waals surface area contributed by atoms with Crippen molar-refractivity contribution in [2.45, 2.75) is 25.8 Å². The van der Waals surface area contributed by atoms with Crippen LogP contribution in [0.15, 0.2) is 59.8 Å². The number of rotatable bonds is 7. The van der Waals surface area contributed by atoms with E-state index >= 15 is 0 Å². The van der Waals surface area contributed by atoms with Gasteiger partial charge in [0.2, 0.25) is 5.95 Å². The summed E-state index contributed by atoms with van der Waals surface area (Å²) in [5.41, 5.74) is 2.42. The third-order valence-electron chi connectivity index (χ3n) is 5.23. The first-order chi connectivity index (χ1) is 15.5. The number of nitrogens with one attached hydrogen (secondary N) is 2. The molecule has 2 heterocycles. The average Bonchev–Trinajstić information content (AvgIpc) is 3.20. The normalized spacial score (nSPS) is 15.2. The number of anilines is 2. The van der Waals surface area contributed by atoms with E-state index in [9.17, 15) is 9.18 Å². The van der Waals surface area contributed by atoms with Crippen molar-refractivity contribution in [2.75, 3.05) is 24.4 Å². The van der Waals surface area contributed by atoms with E-state index in [1.807, 2.05) is 31.2 Å². The number of aliphatic hydroxyl groups excluding tert-OH is 1. The summed E-state index contributed by atoms with van der Waals surface area (Å²) in [6.45, 7) is 1.85. The van der Waals surface area contributed by atoms with Gasteiger partial charge in [0.1, 0.15) is 17.6 Å². The first kappa shape index (κ1) is 21.5. The van der Waals surface area contributed by atoms with Crippen LogP contribution >= 0.6 is 0 Å². The number of hydrogen-bond donors (Lipinski definition) is 3. The number of fused-ring (bicyclic) bond motifs is 1. The molecule has 9 heteroatoms. The smallest absolute Gasteiger partial charge is 0.255 e. The highest BCUT2D eigenvalue weighted by atomic mass is 19.1. The predicted molar refractivity (Wildman–Crippen MR) is 118 cm³/mol. The number of halogens is 1. The first-order valence-electron chi connectivity index (χ1n) is 10.2. The van der Waals surface area contributed by atoms with E-state index in [1.165, 1.54) is 24.3 Å². The molecule has 166 valence electrons. The molecule has 0 aliphatic carbocycles. The molecular weight excluding hydrogens is 413 g/mol. The number of carbonyl (C=O) groups is 1. The largest absolute Gasteiger partial charge is 0.497 e. The maximum absolute atomic E-state index is 13.3. The topological polar surface area (TPSA) is 101 Å². The van der Waals surface area contributed by atoms with Crippen molar-refractivity contribution in [3.8, 4) is 5.75 Å². The van der Waals surface area contributed by atoms with Crippen molar-refractivity contribution >= 4 is 17.5 Å². The van der Waals surface area contributed by atoms with E-state index in [-0.39, 0.29) is 18.3 Å². The maximum Gasteiger partial charge on any atom is 0.255 e. The molecule has 4 rings (SSSR count). The third kappa shape index (κ3) is 4.33. The molecule has 0 radical (unpaired) electrons. The van der Waals surface area contributed by atoms with E-state index in [0.717, 1.165) is 5.56 Å². The van der Waals surface area contributed by atoms with Crippen LogP contribution in [0.25, 0.3) is 0 Å². The van der Waals surface area contributed by atoms with Crippen molar-refractivity contribution in [3.05, 3.63) is 77.0 Å². The molecule has 0 unspecified atom stereocenters. The third-order valence-corrected chi connectivity index (χ3v) is 5.23. The van der Waals surface area contributed by atoms with Crippen LogP contribution in [0.3, 0.4) is 0 Å². The number of allylic oxidation sites excluding steroid dienone is 1. The summed E-state index contributed by atoms with van der Waals surface area (Å²) < 4.78 is 20.2. The van der Waals surface area contributed by atoms with Crippen LogP contribution in [0.1, 0.15) is 30.8 Å². The summed E-state index contributed by atoms with van der Waals surface area (Å²) in [7, 11) is 1.59. The van der Waals surface area contributed by atoms with Crippen LogP contribution < -0.4 is 15.4 Å². The summed E-state index contributed by atoms with van der Waals surface area (Å²) in [5.74, 6) is 1.09. The molecule has 3 N–H and O–H groups in total. The molecule has 2 aromatic carbocycles. The van der Waals surface area contributed by atoms with Crippen LogP contribution in [-0.2, 0) is 11.2 Å². The van der Waals surface area contributed by atoms with Crippen molar-refractivity contribution in [1.29, 1.82) is 0 Å². The number of ether oxygens (including phenoxy) is 1. The Morgan fingerprint density at radius 2 is 1.94 bits per heavy atom. The second-order valence-corrected chi connectivity index (χ2v) is 7.42. The fraction of sp³-hybridized carbons (Fsp3) is 0.261. The van der Waals surface area contributed by atoms with Gasteiger partial charge in [-0.25, -0.2) is 9.07 Å². The average molecular weight is 437 g/mol. The summed E-state index contributed by atoms with van der Waals surface area (Å²) in [6.07, 6.45) is 1.06.